The Morgan fingerprint density at radius 2 is 1.95 bits per heavy atom. The molecule has 1 unspecified atom stereocenters. The third kappa shape index (κ3) is 2.27. The van der Waals surface area contributed by atoms with Crippen LogP contribution in [0.15, 0.2) is 48.5 Å². The van der Waals surface area contributed by atoms with Crippen molar-refractivity contribution in [3.8, 4) is 0 Å². The predicted octanol–water partition coefficient (Wildman–Crippen LogP) is 3.10. The van der Waals surface area contributed by atoms with Crippen molar-refractivity contribution in [1.82, 2.24) is 0 Å². The largest absolute Gasteiger partial charge is 0.381 e. The number of carbonyl (C=O) groups excluding carboxylic acids is 1. The molecule has 0 bridgehead atoms. The Bertz CT molecular complexity index is 660. The van der Waals surface area contributed by atoms with Gasteiger partial charge in [-0.15, -0.1) is 0 Å². The van der Waals surface area contributed by atoms with Crippen molar-refractivity contribution in [3.63, 3.8) is 0 Å². The van der Waals surface area contributed by atoms with Gasteiger partial charge in [0.15, 0.2) is 5.78 Å². The maximum absolute atomic E-state index is 12.6. The zero-order valence-corrected chi connectivity index (χ0v) is 11.6. The Hall–Kier alpha value is -1.93. The molecule has 0 aromatic heterocycles. The van der Waals surface area contributed by atoms with E-state index < -0.39 is 5.60 Å². The highest BCUT2D eigenvalue weighted by atomic mass is 16.3. The standard InChI is InChI=1S/C18H18O2/c1-13-5-4-6-14(11-13)12-18(20)10-9-15-7-2-3-8-16(15)17(18)19/h2-8,11,20H,9-10,12H2,1H3. The maximum Gasteiger partial charge on any atom is 0.194 e. The van der Waals surface area contributed by atoms with Crippen LogP contribution in [0.2, 0.25) is 0 Å². The first-order valence-electron chi connectivity index (χ1n) is 6.99. The quantitative estimate of drug-likeness (QED) is 0.907. The van der Waals surface area contributed by atoms with Crippen molar-refractivity contribution in [3.05, 3.63) is 70.8 Å². The summed E-state index contributed by atoms with van der Waals surface area (Å²) in [6, 6.07) is 15.6. The van der Waals surface area contributed by atoms with E-state index in [4.69, 9.17) is 0 Å². The molecule has 0 amide bonds. The number of benzene rings is 2. The number of rotatable bonds is 2. The van der Waals surface area contributed by atoms with E-state index in [1.54, 1.807) is 0 Å². The van der Waals surface area contributed by atoms with Gasteiger partial charge >= 0.3 is 0 Å². The van der Waals surface area contributed by atoms with Gasteiger partial charge in [0.25, 0.3) is 0 Å². The number of ketones is 1. The van der Waals surface area contributed by atoms with Crippen molar-refractivity contribution in [2.45, 2.75) is 31.8 Å². The molecule has 20 heavy (non-hydrogen) atoms. The summed E-state index contributed by atoms with van der Waals surface area (Å²) in [5, 5.41) is 10.8. The number of aryl methyl sites for hydroxylation is 2. The fourth-order valence-electron chi connectivity index (χ4n) is 2.99. The molecule has 0 aliphatic heterocycles. The molecule has 2 aromatic carbocycles. The molecule has 1 aliphatic carbocycles. The molecule has 0 saturated heterocycles. The summed E-state index contributed by atoms with van der Waals surface area (Å²) >= 11 is 0. The van der Waals surface area contributed by atoms with Crippen LogP contribution in [0.5, 0.6) is 0 Å². The predicted molar refractivity (Wildman–Crippen MR) is 78.9 cm³/mol. The van der Waals surface area contributed by atoms with Gasteiger partial charge in [-0.2, -0.15) is 0 Å². The molecule has 0 saturated carbocycles. The first kappa shape index (κ1) is 13.1. The first-order valence-corrected chi connectivity index (χ1v) is 6.99. The maximum atomic E-state index is 12.6. The highest BCUT2D eigenvalue weighted by Gasteiger charge is 2.40. The summed E-state index contributed by atoms with van der Waals surface area (Å²) in [4.78, 5) is 12.6. The van der Waals surface area contributed by atoms with Gasteiger partial charge in [0.05, 0.1) is 0 Å². The van der Waals surface area contributed by atoms with E-state index in [9.17, 15) is 9.90 Å². The number of Topliss-reactive ketones (excluding diaryl/α,β-unsaturated/α-hetero) is 1. The second-order valence-corrected chi connectivity index (χ2v) is 5.68. The molecular formula is C18H18O2. The van der Waals surface area contributed by atoms with Crippen LogP contribution in [-0.4, -0.2) is 16.5 Å². The first-order chi connectivity index (χ1) is 9.58. The van der Waals surface area contributed by atoms with Crippen LogP contribution in [0.1, 0.15) is 33.5 Å². The van der Waals surface area contributed by atoms with Crippen LogP contribution in [-0.2, 0) is 12.8 Å². The van der Waals surface area contributed by atoms with Gasteiger partial charge < -0.3 is 5.11 Å². The molecule has 0 fully saturated rings. The molecule has 0 radical (unpaired) electrons. The minimum atomic E-state index is -1.26. The average Bonchev–Trinajstić information content (AvgIpc) is 2.44. The summed E-state index contributed by atoms with van der Waals surface area (Å²) in [5.41, 5.74) is 2.62. The molecule has 2 nitrogen and oxygen atoms in total. The molecule has 3 rings (SSSR count). The molecule has 1 N–H and O–H groups in total. The minimum absolute atomic E-state index is 0.138. The summed E-state index contributed by atoms with van der Waals surface area (Å²) in [6.07, 6.45) is 1.64. The molecule has 2 aromatic rings. The molecular weight excluding hydrogens is 248 g/mol. The Kier molecular flexibility index (Phi) is 3.19. The second kappa shape index (κ2) is 4.88. The monoisotopic (exact) mass is 266 g/mol. The Morgan fingerprint density at radius 1 is 1.15 bits per heavy atom. The zero-order chi connectivity index (χ0) is 14.2. The van der Waals surface area contributed by atoms with Crippen LogP contribution in [0.4, 0.5) is 0 Å². The van der Waals surface area contributed by atoms with Gasteiger partial charge in [0.2, 0.25) is 0 Å². The third-order valence-corrected chi connectivity index (χ3v) is 4.07. The van der Waals surface area contributed by atoms with E-state index in [1.165, 1.54) is 0 Å². The van der Waals surface area contributed by atoms with Crippen LogP contribution in [0.3, 0.4) is 0 Å². The fourth-order valence-corrected chi connectivity index (χ4v) is 2.99. The van der Waals surface area contributed by atoms with Gasteiger partial charge in [0.1, 0.15) is 5.60 Å². The van der Waals surface area contributed by atoms with E-state index in [-0.39, 0.29) is 5.78 Å². The van der Waals surface area contributed by atoms with Crippen LogP contribution >= 0.6 is 0 Å². The highest BCUT2D eigenvalue weighted by Crippen LogP contribution is 2.31. The number of hydrogen-bond donors (Lipinski definition) is 1. The lowest BCUT2D eigenvalue weighted by Crippen LogP contribution is -2.44. The van der Waals surface area contributed by atoms with Crippen molar-refractivity contribution in [2.75, 3.05) is 0 Å². The average molecular weight is 266 g/mol. The topological polar surface area (TPSA) is 37.3 Å². The third-order valence-electron chi connectivity index (χ3n) is 4.07. The molecule has 2 heteroatoms. The van der Waals surface area contributed by atoms with Gasteiger partial charge in [-0.25, -0.2) is 0 Å². The van der Waals surface area contributed by atoms with Gasteiger partial charge in [-0.1, -0.05) is 54.1 Å². The van der Waals surface area contributed by atoms with E-state index in [0.29, 0.717) is 18.4 Å². The lowest BCUT2D eigenvalue weighted by molar-refractivity contribution is 0.0245. The van der Waals surface area contributed by atoms with Crippen LogP contribution in [0.25, 0.3) is 0 Å². The van der Waals surface area contributed by atoms with Crippen molar-refractivity contribution in [1.29, 1.82) is 0 Å². The molecule has 1 atom stereocenters. The summed E-state index contributed by atoms with van der Waals surface area (Å²) in [5.74, 6) is -0.138. The molecule has 102 valence electrons. The smallest absolute Gasteiger partial charge is 0.194 e. The van der Waals surface area contributed by atoms with Gasteiger partial charge in [-0.05, 0) is 30.9 Å². The highest BCUT2D eigenvalue weighted by molar-refractivity contribution is 6.04. The molecule has 0 spiro atoms. The molecule has 1 aliphatic rings. The van der Waals surface area contributed by atoms with E-state index in [1.807, 2.05) is 55.5 Å². The summed E-state index contributed by atoms with van der Waals surface area (Å²) in [6.45, 7) is 2.02. The summed E-state index contributed by atoms with van der Waals surface area (Å²) < 4.78 is 0. The summed E-state index contributed by atoms with van der Waals surface area (Å²) in [7, 11) is 0. The van der Waals surface area contributed by atoms with Gasteiger partial charge in [0, 0.05) is 12.0 Å². The van der Waals surface area contributed by atoms with E-state index in [2.05, 4.69) is 0 Å². The van der Waals surface area contributed by atoms with E-state index >= 15 is 0 Å². The second-order valence-electron chi connectivity index (χ2n) is 5.68. The zero-order valence-electron chi connectivity index (χ0n) is 11.6. The van der Waals surface area contributed by atoms with Crippen LogP contribution < -0.4 is 0 Å². The number of hydrogen-bond acceptors (Lipinski definition) is 2. The fraction of sp³-hybridized carbons (Fsp3) is 0.278. The minimum Gasteiger partial charge on any atom is -0.381 e. The number of carbonyl (C=O) groups is 1. The number of aliphatic hydroxyl groups is 1. The SMILES string of the molecule is Cc1cccc(CC2(O)CCc3ccccc3C2=O)c1. The lowest BCUT2D eigenvalue weighted by Gasteiger charge is -2.32. The Morgan fingerprint density at radius 3 is 2.75 bits per heavy atom. The van der Waals surface area contributed by atoms with Gasteiger partial charge in [-0.3, -0.25) is 4.79 Å². The lowest BCUT2D eigenvalue weighted by atomic mass is 9.76. The Balaban J connectivity index is 1.92. The van der Waals surface area contributed by atoms with Crippen molar-refractivity contribution >= 4 is 5.78 Å². The van der Waals surface area contributed by atoms with Crippen molar-refractivity contribution in [2.24, 2.45) is 0 Å². The number of fused-ring (bicyclic) bond motifs is 1. The van der Waals surface area contributed by atoms with E-state index in [0.717, 1.165) is 23.1 Å². The Labute approximate surface area is 119 Å². The van der Waals surface area contributed by atoms with Crippen molar-refractivity contribution < 1.29 is 9.90 Å². The molecule has 0 heterocycles. The van der Waals surface area contributed by atoms with Crippen LogP contribution in [0, 0.1) is 6.92 Å². The normalized spacial score (nSPS) is 21.6.